The molecule has 1 N–H and O–H groups in total. The Hall–Kier alpha value is -2.02. The van der Waals surface area contributed by atoms with Gasteiger partial charge in [0.15, 0.2) is 0 Å². The third-order valence-electron chi connectivity index (χ3n) is 2.70. The van der Waals surface area contributed by atoms with Crippen LogP contribution in [0.3, 0.4) is 0 Å². The van der Waals surface area contributed by atoms with Crippen LogP contribution >= 0.6 is 15.9 Å². The number of carbonyl (C=O) groups excluding carboxylic acids is 1. The van der Waals surface area contributed by atoms with Gasteiger partial charge < -0.3 is 0 Å². The van der Waals surface area contributed by atoms with Gasteiger partial charge in [0.1, 0.15) is 11.5 Å². The molecule has 1 heterocycles. The molecular weight excluding hydrogens is 327 g/mol. The van der Waals surface area contributed by atoms with Crippen LogP contribution in [0.2, 0.25) is 0 Å². The van der Waals surface area contributed by atoms with E-state index in [4.69, 9.17) is 0 Å². The van der Waals surface area contributed by atoms with Crippen molar-refractivity contribution in [2.24, 2.45) is 12.1 Å². The summed E-state index contributed by atoms with van der Waals surface area (Å²) in [5.74, 6) is -0.692. The Balaban J connectivity index is 2.13. The highest BCUT2D eigenvalue weighted by atomic mass is 79.9. The zero-order valence-corrected chi connectivity index (χ0v) is 12.5. The first-order valence-corrected chi connectivity index (χ1v) is 6.56. The summed E-state index contributed by atoms with van der Waals surface area (Å²) in [5, 5.41) is 7.95. The number of aryl methyl sites for hydroxylation is 1. The highest BCUT2D eigenvalue weighted by Crippen LogP contribution is 2.14. The lowest BCUT2D eigenvalue weighted by Crippen LogP contribution is -2.22. The van der Waals surface area contributed by atoms with Gasteiger partial charge in [-0.25, -0.2) is 9.82 Å². The number of benzene rings is 1. The van der Waals surface area contributed by atoms with Crippen LogP contribution < -0.4 is 5.43 Å². The van der Waals surface area contributed by atoms with E-state index in [0.717, 1.165) is 5.56 Å². The summed E-state index contributed by atoms with van der Waals surface area (Å²) in [5.41, 5.74) is 4.13. The maximum absolute atomic E-state index is 12.8. The van der Waals surface area contributed by atoms with E-state index in [1.165, 1.54) is 23.0 Å². The van der Waals surface area contributed by atoms with Crippen molar-refractivity contribution in [3.05, 3.63) is 52.0 Å². The largest absolute Gasteiger partial charge is 0.290 e. The summed E-state index contributed by atoms with van der Waals surface area (Å²) in [4.78, 5) is 12.0. The number of nitrogens with one attached hydrogen (secondary N) is 1. The van der Waals surface area contributed by atoms with Crippen molar-refractivity contribution in [2.45, 2.75) is 6.92 Å². The summed E-state index contributed by atoms with van der Waals surface area (Å²) >= 11 is 3.24. The molecule has 1 amide bonds. The fraction of sp³-hybridized carbons (Fsp3) is 0.154. The number of hydrogen-bond acceptors (Lipinski definition) is 3. The van der Waals surface area contributed by atoms with Gasteiger partial charge in [0, 0.05) is 7.05 Å². The van der Waals surface area contributed by atoms with E-state index in [1.54, 1.807) is 26.1 Å². The maximum Gasteiger partial charge on any atom is 0.290 e. The van der Waals surface area contributed by atoms with Gasteiger partial charge in [0.2, 0.25) is 0 Å². The first-order valence-electron chi connectivity index (χ1n) is 5.77. The first-order chi connectivity index (χ1) is 9.49. The molecule has 0 aliphatic heterocycles. The van der Waals surface area contributed by atoms with Crippen molar-refractivity contribution >= 4 is 27.5 Å². The Morgan fingerprint density at radius 3 is 2.60 bits per heavy atom. The van der Waals surface area contributed by atoms with Crippen molar-refractivity contribution in [2.75, 3.05) is 0 Å². The second-order valence-corrected chi connectivity index (χ2v) is 4.96. The van der Waals surface area contributed by atoms with Crippen LogP contribution in [0.25, 0.3) is 0 Å². The predicted octanol–water partition coefficient (Wildman–Crippen LogP) is 2.48. The van der Waals surface area contributed by atoms with Crippen LogP contribution in [-0.4, -0.2) is 21.4 Å². The third-order valence-corrected chi connectivity index (χ3v) is 3.28. The Bertz CT molecular complexity index is 644. The summed E-state index contributed by atoms with van der Waals surface area (Å²) in [7, 11) is 1.66. The molecule has 20 heavy (non-hydrogen) atoms. The highest BCUT2D eigenvalue weighted by Gasteiger charge is 2.14. The molecule has 104 valence electrons. The summed E-state index contributed by atoms with van der Waals surface area (Å²) in [6.45, 7) is 1.73. The normalized spacial score (nSPS) is 11.5. The molecule has 0 aliphatic rings. The number of nitrogens with zero attached hydrogens (tertiary/aromatic N) is 3. The molecule has 0 saturated carbocycles. The molecule has 1 aromatic heterocycles. The first kappa shape index (κ1) is 14.4. The van der Waals surface area contributed by atoms with E-state index in [2.05, 4.69) is 31.6 Å². The molecule has 2 aromatic rings. The van der Waals surface area contributed by atoms with E-state index in [1.807, 2.05) is 0 Å². The SMILES string of the molecule is C/C(=N/NC(=O)c1c(Br)cnn1C)c1ccc(F)cc1. The van der Waals surface area contributed by atoms with Crippen molar-refractivity contribution < 1.29 is 9.18 Å². The van der Waals surface area contributed by atoms with Gasteiger partial charge in [-0.2, -0.15) is 10.2 Å². The maximum atomic E-state index is 12.8. The van der Waals surface area contributed by atoms with E-state index >= 15 is 0 Å². The fourth-order valence-electron chi connectivity index (χ4n) is 1.61. The Morgan fingerprint density at radius 2 is 2.05 bits per heavy atom. The van der Waals surface area contributed by atoms with Crippen molar-refractivity contribution in [1.29, 1.82) is 0 Å². The van der Waals surface area contributed by atoms with Crippen LogP contribution in [0, 0.1) is 5.82 Å². The molecule has 0 bridgehead atoms. The van der Waals surface area contributed by atoms with E-state index in [0.29, 0.717) is 15.9 Å². The second-order valence-electron chi connectivity index (χ2n) is 4.11. The molecule has 0 spiro atoms. The van der Waals surface area contributed by atoms with Gasteiger partial charge in [-0.05, 0) is 40.5 Å². The second kappa shape index (κ2) is 5.96. The smallest absolute Gasteiger partial charge is 0.266 e. The summed E-state index contributed by atoms with van der Waals surface area (Å²) in [6.07, 6.45) is 1.53. The van der Waals surface area contributed by atoms with Gasteiger partial charge in [0.05, 0.1) is 16.4 Å². The lowest BCUT2D eigenvalue weighted by Gasteiger charge is -2.04. The van der Waals surface area contributed by atoms with Gasteiger partial charge in [0.25, 0.3) is 5.91 Å². The topological polar surface area (TPSA) is 59.3 Å². The molecule has 0 fully saturated rings. The minimum absolute atomic E-state index is 0.315. The van der Waals surface area contributed by atoms with Crippen molar-refractivity contribution in [1.82, 2.24) is 15.2 Å². The third kappa shape index (κ3) is 3.11. The van der Waals surface area contributed by atoms with Gasteiger partial charge >= 0.3 is 0 Å². The average Bonchev–Trinajstić information content (AvgIpc) is 2.76. The fourth-order valence-corrected chi connectivity index (χ4v) is 2.14. The minimum Gasteiger partial charge on any atom is -0.266 e. The summed E-state index contributed by atoms with van der Waals surface area (Å²) in [6, 6.07) is 5.88. The molecular formula is C13H12BrFN4O. The Kier molecular flexibility index (Phi) is 4.29. The molecule has 7 heteroatoms. The molecule has 5 nitrogen and oxygen atoms in total. The number of rotatable bonds is 3. The number of hydrogen-bond donors (Lipinski definition) is 1. The lowest BCUT2D eigenvalue weighted by atomic mass is 10.1. The Morgan fingerprint density at radius 1 is 1.40 bits per heavy atom. The highest BCUT2D eigenvalue weighted by molar-refractivity contribution is 9.10. The van der Waals surface area contributed by atoms with Gasteiger partial charge in [-0.3, -0.25) is 9.48 Å². The Labute approximate surface area is 123 Å². The lowest BCUT2D eigenvalue weighted by molar-refractivity contribution is 0.0944. The van der Waals surface area contributed by atoms with Gasteiger partial charge in [-0.1, -0.05) is 12.1 Å². The molecule has 2 rings (SSSR count). The zero-order valence-electron chi connectivity index (χ0n) is 10.9. The molecule has 0 saturated heterocycles. The van der Waals surface area contributed by atoms with Crippen LogP contribution in [0.5, 0.6) is 0 Å². The number of carbonyl (C=O) groups is 1. The summed E-state index contributed by atoms with van der Waals surface area (Å²) < 4.78 is 14.9. The van der Waals surface area contributed by atoms with Crippen LogP contribution in [0.1, 0.15) is 23.0 Å². The number of amides is 1. The quantitative estimate of drug-likeness (QED) is 0.690. The van der Waals surface area contributed by atoms with Crippen molar-refractivity contribution in [3.63, 3.8) is 0 Å². The average molecular weight is 339 g/mol. The standard InChI is InChI=1S/C13H12BrFN4O/c1-8(9-3-5-10(15)6-4-9)17-18-13(20)12-11(14)7-16-19(12)2/h3-7H,1-2H3,(H,18,20)/b17-8-. The monoisotopic (exact) mass is 338 g/mol. The number of aromatic nitrogens is 2. The zero-order chi connectivity index (χ0) is 14.7. The predicted molar refractivity (Wildman–Crippen MR) is 77.0 cm³/mol. The van der Waals surface area contributed by atoms with E-state index in [9.17, 15) is 9.18 Å². The molecule has 0 unspecified atom stereocenters. The molecule has 0 atom stereocenters. The molecule has 0 aliphatic carbocycles. The van der Waals surface area contributed by atoms with Crippen LogP contribution in [0.4, 0.5) is 4.39 Å². The number of halogens is 2. The van der Waals surface area contributed by atoms with Crippen LogP contribution in [-0.2, 0) is 7.05 Å². The van der Waals surface area contributed by atoms with Crippen molar-refractivity contribution in [3.8, 4) is 0 Å². The minimum atomic E-state index is -0.377. The number of hydrazone groups is 1. The van der Waals surface area contributed by atoms with E-state index < -0.39 is 0 Å². The van der Waals surface area contributed by atoms with E-state index in [-0.39, 0.29) is 11.7 Å². The molecule has 1 aromatic carbocycles. The van der Waals surface area contributed by atoms with Crippen LogP contribution in [0.15, 0.2) is 40.0 Å². The molecule has 0 radical (unpaired) electrons. The van der Waals surface area contributed by atoms with Gasteiger partial charge in [-0.15, -0.1) is 0 Å².